The summed E-state index contributed by atoms with van der Waals surface area (Å²) in [6.45, 7) is 3.01. The minimum absolute atomic E-state index is 0.00428. The Bertz CT molecular complexity index is 585. The number of nitrogens with two attached hydrogens (primary N) is 1. The van der Waals surface area contributed by atoms with Gasteiger partial charge in [-0.2, -0.15) is 0 Å². The summed E-state index contributed by atoms with van der Waals surface area (Å²) in [6.07, 6.45) is 0. The third kappa shape index (κ3) is 3.48. The van der Waals surface area contributed by atoms with Crippen LogP contribution >= 0.6 is 15.9 Å². The van der Waals surface area contributed by atoms with Crippen LogP contribution in [0.1, 0.15) is 23.1 Å². The van der Waals surface area contributed by atoms with Gasteiger partial charge in [-0.1, -0.05) is 22.0 Å². The molecule has 0 spiro atoms. The van der Waals surface area contributed by atoms with Gasteiger partial charge in [-0.25, -0.2) is 4.39 Å². The molecule has 2 rings (SSSR count). The molecule has 1 heterocycles. The Morgan fingerprint density at radius 2 is 2.10 bits per heavy atom. The summed E-state index contributed by atoms with van der Waals surface area (Å²) < 4.78 is 19.5. The summed E-state index contributed by atoms with van der Waals surface area (Å²) in [5.41, 5.74) is 6.86. The van der Waals surface area contributed by atoms with Gasteiger partial charge in [0.1, 0.15) is 17.3 Å². The Labute approximate surface area is 126 Å². The Morgan fingerprint density at radius 1 is 1.35 bits per heavy atom. The van der Waals surface area contributed by atoms with E-state index in [2.05, 4.69) is 20.8 Å². The number of rotatable bonds is 5. The van der Waals surface area contributed by atoms with Crippen LogP contribution in [-0.4, -0.2) is 18.5 Å². The predicted octanol–water partition coefficient (Wildman–Crippen LogP) is 3.62. The van der Waals surface area contributed by atoms with Gasteiger partial charge in [0.25, 0.3) is 0 Å². The molecule has 0 radical (unpaired) electrons. The van der Waals surface area contributed by atoms with Crippen molar-refractivity contribution >= 4 is 15.9 Å². The molecule has 0 fully saturated rings. The van der Waals surface area contributed by atoms with Crippen molar-refractivity contribution in [3.63, 3.8) is 0 Å². The lowest BCUT2D eigenvalue weighted by atomic mass is 10.1. The average Bonchev–Trinajstić information content (AvgIpc) is 2.78. The molecule has 1 unspecified atom stereocenters. The second kappa shape index (κ2) is 6.52. The van der Waals surface area contributed by atoms with Gasteiger partial charge in [0.05, 0.1) is 6.54 Å². The smallest absolute Gasteiger partial charge is 0.124 e. The lowest BCUT2D eigenvalue weighted by molar-refractivity contribution is 0.221. The Balaban J connectivity index is 2.18. The second-order valence-electron chi connectivity index (χ2n) is 4.84. The number of halogens is 2. The fourth-order valence-electron chi connectivity index (χ4n) is 2.24. The van der Waals surface area contributed by atoms with Gasteiger partial charge in [-0.05, 0) is 43.8 Å². The number of aryl methyl sites for hydroxylation is 1. The monoisotopic (exact) mass is 340 g/mol. The van der Waals surface area contributed by atoms with E-state index in [0.29, 0.717) is 13.1 Å². The first-order valence-corrected chi connectivity index (χ1v) is 7.21. The number of hydrogen-bond donors (Lipinski definition) is 1. The lowest BCUT2D eigenvalue weighted by Crippen LogP contribution is -2.30. The fraction of sp³-hybridized carbons (Fsp3) is 0.333. The van der Waals surface area contributed by atoms with Crippen LogP contribution in [-0.2, 0) is 6.54 Å². The maximum Gasteiger partial charge on any atom is 0.124 e. The quantitative estimate of drug-likeness (QED) is 0.903. The molecule has 0 amide bonds. The molecule has 0 saturated heterocycles. The number of benzene rings is 1. The van der Waals surface area contributed by atoms with Gasteiger partial charge in [-0.15, -0.1) is 0 Å². The van der Waals surface area contributed by atoms with Crippen LogP contribution in [0.5, 0.6) is 0 Å². The summed E-state index contributed by atoms with van der Waals surface area (Å²) in [7, 11) is 1.98. The van der Waals surface area contributed by atoms with Crippen molar-refractivity contribution in [1.29, 1.82) is 0 Å². The van der Waals surface area contributed by atoms with Crippen molar-refractivity contribution in [2.45, 2.75) is 19.5 Å². The van der Waals surface area contributed by atoms with Crippen LogP contribution < -0.4 is 5.73 Å². The van der Waals surface area contributed by atoms with Gasteiger partial charge in [0, 0.05) is 17.1 Å². The number of likely N-dealkylation sites (N-methyl/N-ethyl adjacent to an activating group) is 1. The maximum atomic E-state index is 13.2. The van der Waals surface area contributed by atoms with Gasteiger partial charge in [0.15, 0.2) is 0 Å². The highest BCUT2D eigenvalue weighted by Crippen LogP contribution is 2.28. The third-order valence-corrected chi connectivity index (χ3v) is 3.96. The van der Waals surface area contributed by atoms with E-state index in [-0.39, 0.29) is 11.9 Å². The normalized spacial score (nSPS) is 12.9. The molecule has 20 heavy (non-hydrogen) atoms. The number of nitrogens with zero attached hydrogens (tertiary/aromatic N) is 1. The zero-order valence-electron chi connectivity index (χ0n) is 11.6. The van der Waals surface area contributed by atoms with Crippen LogP contribution in [0.2, 0.25) is 0 Å². The highest BCUT2D eigenvalue weighted by Gasteiger charge is 2.19. The predicted molar refractivity (Wildman–Crippen MR) is 80.8 cm³/mol. The maximum absolute atomic E-state index is 13.2. The minimum atomic E-state index is -0.263. The van der Waals surface area contributed by atoms with Gasteiger partial charge >= 0.3 is 0 Å². The van der Waals surface area contributed by atoms with E-state index >= 15 is 0 Å². The molecule has 0 bridgehead atoms. The Kier molecular flexibility index (Phi) is 4.96. The van der Waals surface area contributed by atoms with Crippen LogP contribution in [0.4, 0.5) is 4.39 Å². The molecule has 108 valence electrons. The molecule has 1 atom stereocenters. The number of hydrogen-bond acceptors (Lipinski definition) is 3. The van der Waals surface area contributed by atoms with E-state index in [1.807, 2.05) is 26.1 Å². The minimum Gasteiger partial charge on any atom is -0.465 e. The largest absolute Gasteiger partial charge is 0.465 e. The van der Waals surface area contributed by atoms with E-state index in [1.54, 1.807) is 6.07 Å². The van der Waals surface area contributed by atoms with Crippen LogP contribution in [0.15, 0.2) is 39.2 Å². The van der Waals surface area contributed by atoms with Crippen LogP contribution in [0.25, 0.3) is 0 Å². The fourth-order valence-corrected chi connectivity index (χ4v) is 2.86. The van der Waals surface area contributed by atoms with Gasteiger partial charge < -0.3 is 10.2 Å². The Morgan fingerprint density at radius 3 is 2.65 bits per heavy atom. The van der Waals surface area contributed by atoms with Crippen molar-refractivity contribution in [2.24, 2.45) is 5.73 Å². The topological polar surface area (TPSA) is 42.4 Å². The molecule has 3 nitrogen and oxygen atoms in total. The molecular formula is C15H18BrFN2O. The molecule has 0 aliphatic rings. The SMILES string of the molecule is Cc1ccc(CN(C)C(CN)c2ccc(F)cc2Br)o1. The molecule has 5 heteroatoms. The molecule has 1 aromatic carbocycles. The molecular weight excluding hydrogens is 323 g/mol. The summed E-state index contributed by atoms with van der Waals surface area (Å²) in [5.74, 6) is 1.52. The third-order valence-electron chi connectivity index (χ3n) is 3.28. The second-order valence-corrected chi connectivity index (χ2v) is 5.70. The summed E-state index contributed by atoms with van der Waals surface area (Å²) >= 11 is 3.40. The molecule has 0 aliphatic heterocycles. The first-order valence-electron chi connectivity index (χ1n) is 6.42. The van der Waals surface area contributed by atoms with Crippen molar-refractivity contribution < 1.29 is 8.81 Å². The van der Waals surface area contributed by atoms with E-state index in [1.165, 1.54) is 12.1 Å². The molecule has 1 aromatic heterocycles. The van der Waals surface area contributed by atoms with Crippen molar-refractivity contribution in [3.05, 3.63) is 57.7 Å². The van der Waals surface area contributed by atoms with E-state index in [0.717, 1.165) is 21.6 Å². The first kappa shape index (κ1) is 15.2. The van der Waals surface area contributed by atoms with Crippen molar-refractivity contribution in [2.75, 3.05) is 13.6 Å². The molecule has 0 aliphatic carbocycles. The van der Waals surface area contributed by atoms with E-state index in [4.69, 9.17) is 10.2 Å². The standard InChI is InChI=1S/C15H18BrFN2O/c1-10-3-5-12(20-10)9-19(2)15(8-18)13-6-4-11(17)7-14(13)16/h3-7,15H,8-9,18H2,1-2H3. The van der Waals surface area contributed by atoms with Crippen molar-refractivity contribution in [1.82, 2.24) is 4.90 Å². The number of furan rings is 1. The molecule has 0 saturated carbocycles. The van der Waals surface area contributed by atoms with E-state index < -0.39 is 0 Å². The van der Waals surface area contributed by atoms with Crippen LogP contribution in [0, 0.1) is 12.7 Å². The summed E-state index contributed by atoms with van der Waals surface area (Å²) in [4.78, 5) is 2.09. The van der Waals surface area contributed by atoms with E-state index in [9.17, 15) is 4.39 Å². The average molecular weight is 341 g/mol. The molecule has 2 N–H and O–H groups in total. The summed E-state index contributed by atoms with van der Waals surface area (Å²) in [5, 5.41) is 0. The first-order chi connectivity index (χ1) is 9.51. The zero-order valence-corrected chi connectivity index (χ0v) is 13.2. The highest BCUT2D eigenvalue weighted by molar-refractivity contribution is 9.10. The highest BCUT2D eigenvalue weighted by atomic mass is 79.9. The molecule has 2 aromatic rings. The van der Waals surface area contributed by atoms with Crippen LogP contribution in [0.3, 0.4) is 0 Å². The summed E-state index contributed by atoms with van der Waals surface area (Å²) in [6, 6.07) is 8.57. The zero-order chi connectivity index (χ0) is 14.7. The van der Waals surface area contributed by atoms with Crippen molar-refractivity contribution in [3.8, 4) is 0 Å². The van der Waals surface area contributed by atoms with Gasteiger partial charge in [0.2, 0.25) is 0 Å². The lowest BCUT2D eigenvalue weighted by Gasteiger charge is -2.27. The Hall–Kier alpha value is -1.17. The van der Waals surface area contributed by atoms with Gasteiger partial charge in [-0.3, -0.25) is 4.90 Å².